The maximum atomic E-state index is 12.4. The second-order valence-electron chi connectivity index (χ2n) is 8.12. The highest BCUT2D eigenvalue weighted by molar-refractivity contribution is 5.93. The van der Waals surface area contributed by atoms with E-state index in [0.29, 0.717) is 5.69 Å². The average Bonchev–Trinajstić information content (AvgIpc) is 2.49. The van der Waals surface area contributed by atoms with Gasteiger partial charge >= 0.3 is 12.0 Å². The minimum atomic E-state index is -0.901. The lowest BCUT2D eigenvalue weighted by molar-refractivity contribution is -0.160. The van der Waals surface area contributed by atoms with Gasteiger partial charge < -0.3 is 20.1 Å². The van der Waals surface area contributed by atoms with Crippen LogP contribution in [0.5, 0.6) is 0 Å². The van der Waals surface area contributed by atoms with Crippen molar-refractivity contribution in [1.82, 2.24) is 5.32 Å². The molecule has 0 spiro atoms. The van der Waals surface area contributed by atoms with Crippen LogP contribution in [0.25, 0.3) is 0 Å². The molecule has 0 fully saturated rings. The standard InChI is InChI=1S/C20H32N2O4/c1-8-14-11-9-10-12-15(14)21-18(24)22-16(13-25-19(2,3)4)17(23)26-20(5,6)7/h9-12,16H,8,13H2,1-7H3,(H2,21,22,24). The van der Waals surface area contributed by atoms with Crippen molar-refractivity contribution in [2.75, 3.05) is 11.9 Å². The number of anilines is 1. The van der Waals surface area contributed by atoms with Crippen LogP contribution >= 0.6 is 0 Å². The SMILES string of the molecule is CCc1ccccc1NC(=O)NC(COC(C)(C)C)C(=O)OC(C)(C)C. The van der Waals surface area contributed by atoms with E-state index in [9.17, 15) is 9.59 Å². The molecule has 0 aliphatic carbocycles. The van der Waals surface area contributed by atoms with E-state index in [-0.39, 0.29) is 6.61 Å². The third-order valence-corrected chi connectivity index (χ3v) is 3.33. The lowest BCUT2D eigenvalue weighted by atomic mass is 10.1. The molecule has 0 saturated heterocycles. The second kappa shape index (κ2) is 9.03. The number of amides is 2. The number of rotatable bonds is 6. The third-order valence-electron chi connectivity index (χ3n) is 3.33. The Morgan fingerprint density at radius 2 is 1.65 bits per heavy atom. The molecule has 2 N–H and O–H groups in total. The maximum Gasteiger partial charge on any atom is 0.331 e. The lowest BCUT2D eigenvalue weighted by Gasteiger charge is -2.27. The van der Waals surface area contributed by atoms with Gasteiger partial charge in [-0.05, 0) is 59.6 Å². The Morgan fingerprint density at radius 1 is 1.04 bits per heavy atom. The molecular weight excluding hydrogens is 332 g/mol. The number of urea groups is 1. The van der Waals surface area contributed by atoms with E-state index >= 15 is 0 Å². The maximum absolute atomic E-state index is 12.4. The van der Waals surface area contributed by atoms with Crippen molar-refractivity contribution in [3.05, 3.63) is 29.8 Å². The van der Waals surface area contributed by atoms with E-state index in [1.165, 1.54) is 0 Å². The van der Waals surface area contributed by atoms with Crippen LogP contribution in [0, 0.1) is 0 Å². The van der Waals surface area contributed by atoms with Gasteiger partial charge in [-0.15, -0.1) is 0 Å². The minimum absolute atomic E-state index is 0.0290. The fourth-order valence-electron chi connectivity index (χ4n) is 2.14. The molecule has 1 atom stereocenters. The predicted molar refractivity (Wildman–Crippen MR) is 103 cm³/mol. The van der Waals surface area contributed by atoms with Crippen molar-refractivity contribution in [2.24, 2.45) is 0 Å². The van der Waals surface area contributed by atoms with Gasteiger partial charge in [-0.1, -0.05) is 25.1 Å². The number of carbonyl (C=O) groups excluding carboxylic acids is 2. The molecule has 0 aliphatic heterocycles. The van der Waals surface area contributed by atoms with Crippen LogP contribution in [0.4, 0.5) is 10.5 Å². The van der Waals surface area contributed by atoms with Gasteiger partial charge in [0.2, 0.25) is 0 Å². The Hall–Kier alpha value is -2.08. The number of benzene rings is 1. The molecule has 146 valence electrons. The molecule has 2 amide bonds. The van der Waals surface area contributed by atoms with Gasteiger partial charge in [0.15, 0.2) is 6.04 Å². The molecule has 6 nitrogen and oxygen atoms in total. The molecule has 1 rings (SSSR count). The monoisotopic (exact) mass is 364 g/mol. The molecule has 1 unspecified atom stereocenters. The Balaban J connectivity index is 2.82. The molecule has 0 saturated carbocycles. The number of hydrogen-bond acceptors (Lipinski definition) is 4. The first-order chi connectivity index (χ1) is 11.9. The van der Waals surface area contributed by atoms with Crippen LogP contribution < -0.4 is 10.6 Å². The number of aryl methyl sites for hydroxylation is 1. The number of esters is 1. The van der Waals surface area contributed by atoms with Gasteiger partial charge in [0.05, 0.1) is 12.2 Å². The average molecular weight is 364 g/mol. The van der Waals surface area contributed by atoms with Crippen molar-refractivity contribution in [3.63, 3.8) is 0 Å². The highest BCUT2D eigenvalue weighted by Crippen LogP contribution is 2.16. The first-order valence-electron chi connectivity index (χ1n) is 8.93. The topological polar surface area (TPSA) is 76.7 Å². The largest absolute Gasteiger partial charge is 0.458 e. The van der Waals surface area contributed by atoms with E-state index in [4.69, 9.17) is 9.47 Å². The summed E-state index contributed by atoms with van der Waals surface area (Å²) in [7, 11) is 0. The fourth-order valence-corrected chi connectivity index (χ4v) is 2.14. The fraction of sp³-hybridized carbons (Fsp3) is 0.600. The van der Waals surface area contributed by atoms with Crippen LogP contribution in [-0.2, 0) is 20.7 Å². The van der Waals surface area contributed by atoms with Crippen LogP contribution in [0.2, 0.25) is 0 Å². The van der Waals surface area contributed by atoms with Crippen molar-refractivity contribution in [1.29, 1.82) is 0 Å². The van der Waals surface area contributed by atoms with Crippen LogP contribution in [0.15, 0.2) is 24.3 Å². The highest BCUT2D eigenvalue weighted by atomic mass is 16.6. The first kappa shape index (κ1) is 22.0. The van der Waals surface area contributed by atoms with Crippen molar-refractivity contribution >= 4 is 17.7 Å². The molecule has 1 aromatic rings. The number of para-hydroxylation sites is 1. The molecule has 26 heavy (non-hydrogen) atoms. The summed E-state index contributed by atoms with van der Waals surface area (Å²) in [6, 6.07) is 6.17. The summed E-state index contributed by atoms with van der Waals surface area (Å²) < 4.78 is 11.1. The van der Waals surface area contributed by atoms with Gasteiger partial charge in [0, 0.05) is 5.69 Å². The molecule has 0 aromatic heterocycles. The molecule has 0 bridgehead atoms. The molecule has 0 aliphatic rings. The Labute approximate surface area is 156 Å². The van der Waals surface area contributed by atoms with E-state index in [1.54, 1.807) is 20.8 Å². The quantitative estimate of drug-likeness (QED) is 0.751. The zero-order valence-corrected chi connectivity index (χ0v) is 16.9. The summed E-state index contributed by atoms with van der Waals surface area (Å²) >= 11 is 0. The van der Waals surface area contributed by atoms with Gasteiger partial charge in [0.25, 0.3) is 0 Å². The normalized spacial score (nSPS) is 13.0. The van der Waals surface area contributed by atoms with E-state index in [0.717, 1.165) is 12.0 Å². The molecule has 0 heterocycles. The summed E-state index contributed by atoms with van der Waals surface area (Å²) in [4.78, 5) is 24.8. The Kier molecular flexibility index (Phi) is 7.63. The predicted octanol–water partition coefficient (Wildman–Crippen LogP) is 3.90. The molecule has 6 heteroatoms. The summed E-state index contributed by atoms with van der Waals surface area (Å²) in [5.74, 6) is -0.527. The zero-order chi connectivity index (χ0) is 20.0. The minimum Gasteiger partial charge on any atom is -0.458 e. The molecular formula is C20H32N2O4. The number of carbonyl (C=O) groups is 2. The second-order valence-corrected chi connectivity index (χ2v) is 8.12. The number of hydrogen-bond donors (Lipinski definition) is 2. The van der Waals surface area contributed by atoms with Crippen molar-refractivity contribution < 1.29 is 19.1 Å². The van der Waals surface area contributed by atoms with E-state index in [1.807, 2.05) is 52.0 Å². The molecule has 1 aromatic carbocycles. The summed E-state index contributed by atoms with van der Waals surface area (Å²) in [5.41, 5.74) is 0.645. The van der Waals surface area contributed by atoms with Crippen molar-refractivity contribution in [2.45, 2.75) is 72.1 Å². The highest BCUT2D eigenvalue weighted by Gasteiger charge is 2.28. The van der Waals surface area contributed by atoms with Crippen molar-refractivity contribution in [3.8, 4) is 0 Å². The Bertz CT molecular complexity index is 615. The van der Waals surface area contributed by atoms with Gasteiger partial charge in [-0.25, -0.2) is 9.59 Å². The third kappa shape index (κ3) is 8.34. The van der Waals surface area contributed by atoms with Gasteiger partial charge in [0.1, 0.15) is 5.60 Å². The molecule has 0 radical (unpaired) electrons. The smallest absolute Gasteiger partial charge is 0.331 e. The summed E-state index contributed by atoms with van der Waals surface area (Å²) in [5, 5.41) is 5.46. The number of nitrogens with one attached hydrogen (secondary N) is 2. The van der Waals surface area contributed by atoms with Gasteiger partial charge in [-0.2, -0.15) is 0 Å². The van der Waals surface area contributed by atoms with Crippen LogP contribution in [-0.4, -0.2) is 35.9 Å². The lowest BCUT2D eigenvalue weighted by Crippen LogP contribution is -2.49. The van der Waals surface area contributed by atoms with Crippen LogP contribution in [0.1, 0.15) is 54.0 Å². The van der Waals surface area contributed by atoms with Crippen LogP contribution in [0.3, 0.4) is 0 Å². The van der Waals surface area contributed by atoms with Gasteiger partial charge in [-0.3, -0.25) is 0 Å². The summed E-state index contributed by atoms with van der Waals surface area (Å²) in [6.45, 7) is 13.0. The first-order valence-corrected chi connectivity index (χ1v) is 8.93. The van der Waals surface area contributed by atoms with E-state index < -0.39 is 29.2 Å². The number of ether oxygens (including phenoxy) is 2. The Morgan fingerprint density at radius 3 is 2.19 bits per heavy atom. The zero-order valence-electron chi connectivity index (χ0n) is 16.9. The van der Waals surface area contributed by atoms with E-state index in [2.05, 4.69) is 10.6 Å². The summed E-state index contributed by atoms with van der Waals surface area (Å²) in [6.07, 6.45) is 0.791.